The first-order valence-corrected chi connectivity index (χ1v) is 6.78. The van der Waals surface area contributed by atoms with Gasteiger partial charge in [-0.3, -0.25) is 4.79 Å². The van der Waals surface area contributed by atoms with Crippen LogP contribution >= 0.6 is 0 Å². The van der Waals surface area contributed by atoms with Gasteiger partial charge in [0.05, 0.1) is 5.69 Å². The minimum atomic E-state index is -0.173. The van der Waals surface area contributed by atoms with Gasteiger partial charge < -0.3 is 5.84 Å². The van der Waals surface area contributed by atoms with Crippen molar-refractivity contribution in [2.75, 3.05) is 5.84 Å². The molecular formula is C14H18N4O. The highest BCUT2D eigenvalue weighted by atomic mass is 16.1. The van der Waals surface area contributed by atoms with Crippen LogP contribution in [0, 0.1) is 0 Å². The molecule has 0 spiro atoms. The molecule has 19 heavy (non-hydrogen) atoms. The van der Waals surface area contributed by atoms with Gasteiger partial charge in [0.2, 0.25) is 0 Å². The molecule has 0 amide bonds. The second-order valence-corrected chi connectivity index (χ2v) is 5.13. The Morgan fingerprint density at radius 3 is 2.68 bits per heavy atom. The lowest BCUT2D eigenvalue weighted by Crippen LogP contribution is -2.32. The molecule has 1 aliphatic carbocycles. The van der Waals surface area contributed by atoms with E-state index in [1.165, 1.54) is 30.0 Å². The van der Waals surface area contributed by atoms with E-state index in [1.54, 1.807) is 10.9 Å². The maximum absolute atomic E-state index is 12.0. The highest BCUT2D eigenvalue weighted by molar-refractivity contribution is 5.33. The summed E-state index contributed by atoms with van der Waals surface area (Å²) in [6.45, 7) is 0. The minimum absolute atomic E-state index is 0.173. The number of nitrogens with zero attached hydrogens (tertiary/aromatic N) is 3. The van der Waals surface area contributed by atoms with Crippen molar-refractivity contribution in [3.63, 3.8) is 0 Å². The van der Waals surface area contributed by atoms with Crippen molar-refractivity contribution in [3.8, 4) is 5.69 Å². The van der Waals surface area contributed by atoms with E-state index in [-0.39, 0.29) is 5.56 Å². The van der Waals surface area contributed by atoms with Crippen molar-refractivity contribution in [1.82, 2.24) is 14.5 Å². The van der Waals surface area contributed by atoms with Crippen LogP contribution in [0.4, 0.5) is 0 Å². The largest absolute Gasteiger partial charge is 0.336 e. The summed E-state index contributed by atoms with van der Waals surface area (Å²) < 4.78 is 3.00. The summed E-state index contributed by atoms with van der Waals surface area (Å²) in [5.74, 6) is 6.30. The molecular weight excluding hydrogens is 240 g/mol. The Labute approximate surface area is 111 Å². The van der Waals surface area contributed by atoms with Crippen LogP contribution in [0.2, 0.25) is 0 Å². The zero-order chi connectivity index (χ0) is 13.2. The van der Waals surface area contributed by atoms with Crippen molar-refractivity contribution in [3.05, 3.63) is 46.6 Å². The van der Waals surface area contributed by atoms with Gasteiger partial charge >= 0.3 is 0 Å². The Kier molecular flexibility index (Phi) is 3.11. The average Bonchev–Trinajstić information content (AvgIpc) is 2.97. The van der Waals surface area contributed by atoms with Crippen molar-refractivity contribution in [2.24, 2.45) is 0 Å². The van der Waals surface area contributed by atoms with Gasteiger partial charge in [-0.1, -0.05) is 19.3 Å². The van der Waals surface area contributed by atoms with Crippen LogP contribution in [0.25, 0.3) is 5.69 Å². The highest BCUT2D eigenvalue weighted by Gasteiger charge is 2.19. The summed E-state index contributed by atoms with van der Waals surface area (Å²) in [6.07, 6.45) is 9.47. The number of aromatic nitrogens is 3. The standard InChI is InChI=1S/C14H18N4O/c15-18-13(11-5-2-1-3-6-11)9-12(10-14(18)19)17-8-4-7-16-17/h4,7-11H,1-3,5-6,15H2. The molecule has 2 N–H and O–H groups in total. The fourth-order valence-electron chi connectivity index (χ4n) is 2.85. The van der Waals surface area contributed by atoms with Gasteiger partial charge in [0.15, 0.2) is 0 Å². The third kappa shape index (κ3) is 2.28. The van der Waals surface area contributed by atoms with Crippen LogP contribution < -0.4 is 11.4 Å². The van der Waals surface area contributed by atoms with Crippen molar-refractivity contribution in [2.45, 2.75) is 38.0 Å². The van der Waals surface area contributed by atoms with Gasteiger partial charge in [-0.15, -0.1) is 0 Å². The van der Waals surface area contributed by atoms with Gasteiger partial charge in [-0.05, 0) is 25.0 Å². The second-order valence-electron chi connectivity index (χ2n) is 5.13. The normalized spacial score (nSPS) is 16.6. The number of pyridine rings is 1. The van der Waals surface area contributed by atoms with Gasteiger partial charge in [0, 0.05) is 30.1 Å². The molecule has 5 nitrogen and oxygen atoms in total. The van der Waals surface area contributed by atoms with Crippen molar-refractivity contribution >= 4 is 0 Å². The lowest BCUT2D eigenvalue weighted by atomic mass is 9.86. The van der Waals surface area contributed by atoms with Crippen LogP contribution in [0.3, 0.4) is 0 Å². The van der Waals surface area contributed by atoms with Gasteiger partial charge in [0.25, 0.3) is 5.56 Å². The summed E-state index contributed by atoms with van der Waals surface area (Å²) >= 11 is 0. The van der Waals surface area contributed by atoms with E-state index in [2.05, 4.69) is 5.10 Å². The molecule has 0 aliphatic heterocycles. The number of nitrogens with two attached hydrogens (primary N) is 1. The molecule has 1 saturated carbocycles. The molecule has 0 unspecified atom stereocenters. The van der Waals surface area contributed by atoms with Crippen LogP contribution in [-0.4, -0.2) is 14.5 Å². The summed E-state index contributed by atoms with van der Waals surface area (Å²) in [6, 6.07) is 5.36. The first-order valence-electron chi connectivity index (χ1n) is 6.78. The van der Waals surface area contributed by atoms with Gasteiger partial charge in [0.1, 0.15) is 0 Å². The highest BCUT2D eigenvalue weighted by Crippen LogP contribution is 2.32. The molecule has 2 heterocycles. The Hall–Kier alpha value is -2.04. The predicted molar refractivity (Wildman–Crippen MR) is 73.8 cm³/mol. The van der Waals surface area contributed by atoms with Gasteiger partial charge in [-0.2, -0.15) is 5.10 Å². The first-order chi connectivity index (χ1) is 9.25. The number of nitrogen functional groups attached to an aromatic ring is 1. The van der Waals surface area contributed by atoms with E-state index in [0.29, 0.717) is 5.92 Å². The Morgan fingerprint density at radius 1 is 1.21 bits per heavy atom. The smallest absolute Gasteiger partial charge is 0.271 e. The summed E-state index contributed by atoms with van der Waals surface area (Å²) in [4.78, 5) is 12.0. The zero-order valence-electron chi connectivity index (χ0n) is 10.8. The molecule has 0 saturated heterocycles. The van der Waals surface area contributed by atoms with E-state index in [0.717, 1.165) is 24.2 Å². The van der Waals surface area contributed by atoms with Gasteiger partial charge in [-0.25, -0.2) is 9.36 Å². The SMILES string of the molecule is Nn1c(C2CCCCC2)cc(-n2cccn2)cc1=O. The Balaban J connectivity index is 2.05. The van der Waals surface area contributed by atoms with Crippen molar-refractivity contribution in [1.29, 1.82) is 0 Å². The molecule has 5 heteroatoms. The van der Waals surface area contributed by atoms with Crippen LogP contribution in [0.1, 0.15) is 43.7 Å². The van der Waals surface area contributed by atoms with Crippen LogP contribution in [-0.2, 0) is 0 Å². The molecule has 1 aliphatic rings. The van der Waals surface area contributed by atoms with E-state index >= 15 is 0 Å². The van der Waals surface area contributed by atoms with Crippen LogP contribution in [0.5, 0.6) is 0 Å². The molecule has 0 radical (unpaired) electrons. The third-order valence-electron chi connectivity index (χ3n) is 3.88. The van der Waals surface area contributed by atoms with E-state index in [1.807, 2.05) is 18.3 Å². The van der Waals surface area contributed by atoms with E-state index in [4.69, 9.17) is 5.84 Å². The molecule has 0 atom stereocenters. The molecule has 2 aromatic rings. The molecule has 0 aromatic carbocycles. The Bertz CT molecular complexity index is 609. The maximum Gasteiger partial charge on any atom is 0.271 e. The van der Waals surface area contributed by atoms with E-state index < -0.39 is 0 Å². The minimum Gasteiger partial charge on any atom is -0.336 e. The first kappa shape index (κ1) is 12.0. The topological polar surface area (TPSA) is 65.8 Å². The predicted octanol–water partition coefficient (Wildman–Crippen LogP) is 1.80. The molecule has 3 rings (SSSR count). The molecule has 100 valence electrons. The number of rotatable bonds is 2. The summed E-state index contributed by atoms with van der Waals surface area (Å²) in [7, 11) is 0. The molecule has 2 aromatic heterocycles. The monoisotopic (exact) mass is 258 g/mol. The fraction of sp³-hybridized carbons (Fsp3) is 0.429. The third-order valence-corrected chi connectivity index (χ3v) is 3.88. The van der Waals surface area contributed by atoms with Crippen LogP contribution in [0.15, 0.2) is 35.4 Å². The maximum atomic E-state index is 12.0. The summed E-state index contributed by atoms with van der Waals surface area (Å²) in [5, 5.41) is 4.17. The number of hydrogen-bond donors (Lipinski definition) is 1. The lowest BCUT2D eigenvalue weighted by molar-refractivity contribution is 0.428. The molecule has 0 bridgehead atoms. The summed E-state index contributed by atoms with van der Waals surface area (Å²) in [5.41, 5.74) is 1.54. The zero-order valence-corrected chi connectivity index (χ0v) is 10.8. The fourth-order valence-corrected chi connectivity index (χ4v) is 2.85. The lowest BCUT2D eigenvalue weighted by Gasteiger charge is -2.24. The quantitative estimate of drug-likeness (QED) is 0.835. The average molecular weight is 258 g/mol. The number of hydrogen-bond acceptors (Lipinski definition) is 3. The van der Waals surface area contributed by atoms with Crippen molar-refractivity contribution < 1.29 is 0 Å². The van der Waals surface area contributed by atoms with E-state index in [9.17, 15) is 4.79 Å². The second kappa shape index (κ2) is 4.91. The Morgan fingerprint density at radius 2 is 2.00 bits per heavy atom. The molecule has 1 fully saturated rings.